The van der Waals surface area contributed by atoms with Crippen LogP contribution in [0, 0.1) is 13.8 Å². The average Bonchev–Trinajstić information content (AvgIpc) is 2.83. The number of nitrogens with zero attached hydrogens (tertiary/aromatic N) is 2. The van der Waals surface area contributed by atoms with Gasteiger partial charge in [-0.2, -0.15) is 18.3 Å². The molecule has 0 atom stereocenters. The second kappa shape index (κ2) is 7.56. The lowest BCUT2D eigenvalue weighted by Crippen LogP contribution is -2.44. The molecule has 12 heteroatoms. The van der Waals surface area contributed by atoms with Gasteiger partial charge in [0.05, 0.1) is 17.0 Å². The number of benzene rings is 1. The third-order valence-electron chi connectivity index (χ3n) is 3.57. The maximum atomic E-state index is 12.6. The summed E-state index contributed by atoms with van der Waals surface area (Å²) in [6.45, 7) is 2.36. The van der Waals surface area contributed by atoms with Crippen molar-refractivity contribution in [3.8, 4) is 5.75 Å². The molecule has 0 bridgehead atoms. The van der Waals surface area contributed by atoms with Crippen molar-refractivity contribution < 1.29 is 31.1 Å². The van der Waals surface area contributed by atoms with Gasteiger partial charge >= 0.3 is 6.18 Å². The summed E-state index contributed by atoms with van der Waals surface area (Å²) in [5.74, 6) is -1.07. The van der Waals surface area contributed by atoms with Gasteiger partial charge in [-0.05, 0) is 32.0 Å². The number of nitrogens with one attached hydrogen (secondary N) is 2. The minimum atomic E-state index is -4.54. The summed E-state index contributed by atoms with van der Waals surface area (Å²) in [6, 6.07) is 3.97. The average molecular weight is 406 g/mol. The maximum Gasteiger partial charge on any atom is 0.416 e. The Morgan fingerprint density at radius 1 is 1.30 bits per heavy atom. The number of ether oxygens (including phenoxy) is 1. The number of aryl methyl sites for hydroxylation is 2. The van der Waals surface area contributed by atoms with Gasteiger partial charge in [0.25, 0.3) is 15.9 Å². The van der Waals surface area contributed by atoms with Gasteiger partial charge in [0, 0.05) is 7.05 Å². The van der Waals surface area contributed by atoms with Crippen molar-refractivity contribution in [1.29, 1.82) is 0 Å². The minimum Gasteiger partial charge on any atom is -0.484 e. The van der Waals surface area contributed by atoms with E-state index in [-0.39, 0.29) is 16.3 Å². The van der Waals surface area contributed by atoms with Crippen molar-refractivity contribution >= 4 is 15.9 Å². The Bertz CT molecular complexity index is 954. The molecule has 2 N–H and O–H groups in total. The molecule has 1 aromatic heterocycles. The number of amides is 1. The number of sulfonamides is 1. The highest BCUT2D eigenvalue weighted by atomic mass is 32.2. The molecule has 0 aliphatic heterocycles. The molecule has 27 heavy (non-hydrogen) atoms. The number of carbonyl (C=O) groups is 1. The monoisotopic (exact) mass is 406 g/mol. The summed E-state index contributed by atoms with van der Waals surface area (Å²) >= 11 is 0. The molecule has 0 spiro atoms. The highest BCUT2D eigenvalue weighted by molar-refractivity contribution is 7.89. The molecule has 1 aromatic carbocycles. The van der Waals surface area contributed by atoms with Crippen LogP contribution in [-0.2, 0) is 28.0 Å². The van der Waals surface area contributed by atoms with Gasteiger partial charge in [0.1, 0.15) is 10.6 Å². The van der Waals surface area contributed by atoms with Crippen LogP contribution in [0.15, 0.2) is 29.2 Å². The Hall–Kier alpha value is -2.60. The zero-order chi connectivity index (χ0) is 20.4. The van der Waals surface area contributed by atoms with Crippen molar-refractivity contribution in [2.45, 2.75) is 24.9 Å². The second-order valence-electron chi connectivity index (χ2n) is 5.59. The Balaban J connectivity index is 1.97. The molecule has 2 aromatic rings. The lowest BCUT2D eigenvalue weighted by Gasteiger charge is -2.11. The van der Waals surface area contributed by atoms with Crippen LogP contribution >= 0.6 is 0 Å². The number of rotatable bonds is 6. The summed E-state index contributed by atoms with van der Waals surface area (Å²) in [7, 11) is -2.50. The standard InChI is InChI=1S/C15H17F3N4O4S/c1-9-14(10(2)22(3)20-9)27(24,25)21-19-13(23)8-26-12-6-4-5-11(7-12)15(16,17)18/h4-7,21H,8H2,1-3H3,(H,19,23). The lowest BCUT2D eigenvalue weighted by atomic mass is 10.2. The first-order valence-corrected chi connectivity index (χ1v) is 9.01. The van der Waals surface area contributed by atoms with Crippen molar-refractivity contribution in [3.63, 3.8) is 0 Å². The van der Waals surface area contributed by atoms with Crippen molar-refractivity contribution in [2.24, 2.45) is 7.05 Å². The van der Waals surface area contributed by atoms with Gasteiger partial charge in [-0.3, -0.25) is 14.9 Å². The molecule has 8 nitrogen and oxygen atoms in total. The molecule has 0 saturated heterocycles. The van der Waals surface area contributed by atoms with Gasteiger partial charge < -0.3 is 4.74 Å². The lowest BCUT2D eigenvalue weighted by molar-refractivity contribution is -0.137. The van der Waals surface area contributed by atoms with Crippen LogP contribution in [0.1, 0.15) is 17.0 Å². The number of carbonyl (C=O) groups excluding carboxylic acids is 1. The first-order valence-electron chi connectivity index (χ1n) is 7.52. The van der Waals surface area contributed by atoms with Gasteiger partial charge in [-0.15, -0.1) is 4.83 Å². The fourth-order valence-corrected chi connectivity index (χ4v) is 3.57. The molecule has 0 radical (unpaired) electrons. The van der Waals surface area contributed by atoms with Crippen LogP contribution < -0.4 is 15.0 Å². The minimum absolute atomic E-state index is 0.0795. The first kappa shape index (κ1) is 20.7. The van der Waals surface area contributed by atoms with Gasteiger partial charge in [0.15, 0.2) is 6.61 Å². The van der Waals surface area contributed by atoms with E-state index < -0.39 is 34.3 Å². The maximum absolute atomic E-state index is 12.6. The van der Waals surface area contributed by atoms with E-state index in [1.54, 1.807) is 14.0 Å². The van der Waals surface area contributed by atoms with E-state index in [9.17, 15) is 26.4 Å². The topological polar surface area (TPSA) is 102 Å². The van der Waals surface area contributed by atoms with E-state index in [0.717, 1.165) is 18.2 Å². The molecule has 0 aliphatic carbocycles. The summed E-state index contributed by atoms with van der Waals surface area (Å²) < 4.78 is 68.8. The number of alkyl halides is 3. The molecular weight excluding hydrogens is 389 g/mol. The number of halogens is 3. The van der Waals surface area contributed by atoms with Crippen molar-refractivity contribution in [2.75, 3.05) is 6.61 Å². The summed E-state index contributed by atoms with van der Waals surface area (Å²) in [5, 5.41) is 3.98. The number of aromatic nitrogens is 2. The third kappa shape index (κ3) is 4.98. The summed E-state index contributed by atoms with van der Waals surface area (Å²) in [6.07, 6.45) is -4.54. The summed E-state index contributed by atoms with van der Waals surface area (Å²) in [5.41, 5.74) is 1.63. The molecule has 0 aliphatic rings. The molecular formula is C15H17F3N4O4S. The predicted molar refractivity (Wildman–Crippen MR) is 88.1 cm³/mol. The van der Waals surface area contributed by atoms with Crippen LogP contribution in [0.5, 0.6) is 5.75 Å². The second-order valence-corrected chi connectivity index (χ2v) is 7.21. The number of hydrogen-bond acceptors (Lipinski definition) is 5. The van der Waals surface area contributed by atoms with Crippen LogP contribution in [0.2, 0.25) is 0 Å². The Morgan fingerprint density at radius 3 is 2.52 bits per heavy atom. The number of hydrogen-bond donors (Lipinski definition) is 2. The van der Waals surface area contributed by atoms with Crippen LogP contribution in [0.25, 0.3) is 0 Å². The van der Waals surface area contributed by atoms with Gasteiger partial charge in [0.2, 0.25) is 0 Å². The third-order valence-corrected chi connectivity index (χ3v) is 5.07. The van der Waals surface area contributed by atoms with Crippen LogP contribution in [0.3, 0.4) is 0 Å². The van der Waals surface area contributed by atoms with Gasteiger partial charge in [-0.1, -0.05) is 6.07 Å². The van der Waals surface area contributed by atoms with E-state index >= 15 is 0 Å². The van der Waals surface area contributed by atoms with Crippen LogP contribution in [-0.4, -0.2) is 30.7 Å². The van der Waals surface area contributed by atoms with Crippen molar-refractivity contribution in [3.05, 3.63) is 41.2 Å². The zero-order valence-corrected chi connectivity index (χ0v) is 15.4. The molecule has 1 amide bonds. The fraction of sp³-hybridized carbons (Fsp3) is 0.333. The SMILES string of the molecule is Cc1nn(C)c(C)c1S(=O)(=O)NNC(=O)COc1cccc(C(F)(F)F)c1. The first-order chi connectivity index (χ1) is 12.4. The van der Waals surface area contributed by atoms with Crippen molar-refractivity contribution in [1.82, 2.24) is 20.0 Å². The van der Waals surface area contributed by atoms with E-state index in [1.807, 2.05) is 10.3 Å². The van der Waals surface area contributed by atoms with Crippen LogP contribution in [0.4, 0.5) is 13.2 Å². The van der Waals surface area contributed by atoms with E-state index in [4.69, 9.17) is 4.74 Å². The molecule has 1 heterocycles. The van der Waals surface area contributed by atoms with E-state index in [1.165, 1.54) is 17.7 Å². The Morgan fingerprint density at radius 2 is 1.96 bits per heavy atom. The highest BCUT2D eigenvalue weighted by Gasteiger charge is 2.30. The Kier molecular flexibility index (Phi) is 5.80. The quantitative estimate of drug-likeness (QED) is 0.707. The van der Waals surface area contributed by atoms with Gasteiger partial charge in [-0.25, -0.2) is 8.42 Å². The Labute approximate surface area is 153 Å². The molecule has 0 fully saturated rings. The zero-order valence-electron chi connectivity index (χ0n) is 14.6. The smallest absolute Gasteiger partial charge is 0.416 e. The number of hydrazine groups is 1. The fourth-order valence-electron chi connectivity index (χ4n) is 2.27. The molecule has 148 valence electrons. The molecule has 0 unspecified atom stereocenters. The molecule has 0 saturated carbocycles. The van der Waals surface area contributed by atoms with E-state index in [2.05, 4.69) is 5.10 Å². The normalized spacial score (nSPS) is 12.1. The molecule has 2 rings (SSSR count). The summed E-state index contributed by atoms with van der Waals surface area (Å²) in [4.78, 5) is 13.6. The highest BCUT2D eigenvalue weighted by Crippen LogP contribution is 2.31. The largest absolute Gasteiger partial charge is 0.484 e. The van der Waals surface area contributed by atoms with E-state index in [0.29, 0.717) is 5.69 Å². The predicted octanol–water partition coefficient (Wildman–Crippen LogP) is 1.44.